The van der Waals surface area contributed by atoms with Crippen molar-refractivity contribution in [3.05, 3.63) is 92.7 Å². The Morgan fingerprint density at radius 1 is 1.09 bits per heavy atom. The highest BCUT2D eigenvalue weighted by Crippen LogP contribution is 2.48. The van der Waals surface area contributed by atoms with Crippen molar-refractivity contribution in [3.63, 3.8) is 0 Å². The first-order valence-electron chi connectivity index (χ1n) is 18.5. The van der Waals surface area contributed by atoms with Gasteiger partial charge in [0.25, 0.3) is 0 Å². The van der Waals surface area contributed by atoms with Crippen LogP contribution in [0.3, 0.4) is 0 Å². The molecule has 1 saturated heterocycles. The molecule has 0 aliphatic carbocycles. The number of aliphatic imine (C=N–C) groups is 1. The molecule has 14 heteroatoms. The number of epoxide rings is 1. The van der Waals surface area contributed by atoms with Crippen LogP contribution in [0, 0.1) is 6.92 Å². The summed E-state index contributed by atoms with van der Waals surface area (Å²) < 4.78 is 24.4. The number of nitrogen functional groups attached to an aromatic ring is 2. The Morgan fingerprint density at radius 2 is 1.91 bits per heavy atom. The topological polar surface area (TPSA) is 212 Å². The summed E-state index contributed by atoms with van der Waals surface area (Å²) in [5, 5.41) is 20.8. The van der Waals surface area contributed by atoms with Crippen LogP contribution in [0.4, 0.5) is 11.6 Å². The third-order valence-electron chi connectivity index (χ3n) is 10.7. The number of esters is 1. The highest BCUT2D eigenvalue weighted by atomic mass is 16.7. The van der Waals surface area contributed by atoms with Crippen LogP contribution in [0.25, 0.3) is 22.2 Å². The van der Waals surface area contributed by atoms with Crippen LogP contribution < -0.4 is 21.6 Å². The van der Waals surface area contributed by atoms with Gasteiger partial charge in [0.1, 0.15) is 51.6 Å². The second-order valence-electron chi connectivity index (χ2n) is 15.3. The number of nitrogens with two attached hydrogens (primary N) is 2. The monoisotopic (exact) mass is 748 g/mol. The fourth-order valence-electron chi connectivity index (χ4n) is 7.85. The molecule has 0 bridgehead atoms. The zero-order valence-corrected chi connectivity index (χ0v) is 31.0. The number of phenols is 1. The van der Waals surface area contributed by atoms with Gasteiger partial charge in [-0.05, 0) is 88.8 Å². The van der Waals surface area contributed by atoms with Gasteiger partial charge in [0.15, 0.2) is 11.0 Å². The van der Waals surface area contributed by atoms with Crippen molar-refractivity contribution in [1.29, 1.82) is 0 Å². The molecule has 0 saturated carbocycles. The van der Waals surface area contributed by atoms with E-state index in [0.717, 1.165) is 29.1 Å². The maximum atomic E-state index is 14.1. The van der Waals surface area contributed by atoms with Gasteiger partial charge in [0.2, 0.25) is 0 Å². The predicted molar refractivity (Wildman–Crippen MR) is 205 cm³/mol. The number of fused-ring (bicyclic) bond motifs is 3. The molecule has 4 aliphatic heterocycles. The van der Waals surface area contributed by atoms with Gasteiger partial charge in [0.05, 0.1) is 29.7 Å². The number of carbonyl (C=O) groups is 1. The minimum Gasteiger partial charge on any atom is -0.507 e. The lowest BCUT2D eigenvalue weighted by Crippen LogP contribution is -2.50. The largest absolute Gasteiger partial charge is 0.507 e. The fourth-order valence-corrected chi connectivity index (χ4v) is 7.85. The first-order valence-corrected chi connectivity index (χ1v) is 18.5. The Bertz CT molecular complexity index is 2370. The average Bonchev–Trinajstić information content (AvgIpc) is 3.43. The molecule has 0 spiro atoms. The number of pyridine rings is 2. The molecule has 4 aliphatic rings. The van der Waals surface area contributed by atoms with Crippen molar-refractivity contribution in [2.24, 2.45) is 4.99 Å². The summed E-state index contributed by atoms with van der Waals surface area (Å²) in [6.45, 7) is 6.56. The van der Waals surface area contributed by atoms with E-state index in [9.17, 15) is 19.8 Å². The number of aryl methyl sites for hydroxylation is 2. The second kappa shape index (κ2) is 13.8. The number of benzene rings is 1. The van der Waals surface area contributed by atoms with Crippen LogP contribution in [0.15, 0.2) is 74.1 Å². The molecule has 7 heterocycles. The van der Waals surface area contributed by atoms with E-state index in [1.165, 1.54) is 11.6 Å². The smallest absolute Gasteiger partial charge is 0.341 e. The Labute approximate surface area is 317 Å². The lowest BCUT2D eigenvalue weighted by molar-refractivity contribution is -0.168. The number of aromatic nitrogens is 2. The van der Waals surface area contributed by atoms with Gasteiger partial charge in [-0.1, -0.05) is 0 Å². The number of carbonyl (C=O) groups excluding carboxylic acids is 1. The van der Waals surface area contributed by atoms with Crippen molar-refractivity contribution in [2.45, 2.75) is 89.3 Å². The number of unbranched alkanes of at least 4 members (excludes halogenated alkanes) is 1. The summed E-state index contributed by atoms with van der Waals surface area (Å²) in [6.07, 6.45) is 7.16. The molecule has 286 valence electrons. The number of aromatic hydroxyl groups is 1. The summed E-state index contributed by atoms with van der Waals surface area (Å²) in [6, 6.07) is 10.4. The summed E-state index contributed by atoms with van der Waals surface area (Å²) in [5.41, 5.74) is 15.9. The van der Waals surface area contributed by atoms with Crippen molar-refractivity contribution in [3.8, 4) is 22.8 Å². The van der Waals surface area contributed by atoms with E-state index in [0.29, 0.717) is 73.1 Å². The number of ether oxygens (including phenoxy) is 3. The highest BCUT2D eigenvalue weighted by Gasteiger charge is 2.63. The first-order chi connectivity index (χ1) is 26.3. The Balaban J connectivity index is 0.976. The van der Waals surface area contributed by atoms with Crippen molar-refractivity contribution in [2.75, 3.05) is 24.6 Å². The summed E-state index contributed by atoms with van der Waals surface area (Å²) in [7, 11) is 0. The van der Waals surface area contributed by atoms with Crippen LogP contribution in [-0.4, -0.2) is 73.8 Å². The van der Waals surface area contributed by atoms with Gasteiger partial charge < -0.3 is 45.2 Å². The van der Waals surface area contributed by atoms with E-state index >= 15 is 0 Å². The predicted octanol–water partition coefficient (Wildman–Crippen LogP) is 4.65. The minimum atomic E-state index is -1.21. The third kappa shape index (κ3) is 7.03. The lowest BCUT2D eigenvalue weighted by atomic mass is 9.89. The number of hydrogen-bond donors (Lipinski definition) is 4. The molecule has 8 rings (SSSR count). The molecular formula is C41H44N6O8. The van der Waals surface area contributed by atoms with E-state index in [4.69, 9.17) is 30.1 Å². The van der Waals surface area contributed by atoms with Crippen LogP contribution in [-0.2, 0) is 33.7 Å². The first kappa shape index (κ1) is 36.3. The van der Waals surface area contributed by atoms with Crippen molar-refractivity contribution >= 4 is 34.8 Å². The van der Waals surface area contributed by atoms with Crippen LogP contribution in [0.1, 0.15) is 62.1 Å². The highest BCUT2D eigenvalue weighted by molar-refractivity contribution is 5.87. The molecule has 55 heavy (non-hydrogen) atoms. The molecule has 3 aromatic heterocycles. The Morgan fingerprint density at radius 3 is 2.71 bits per heavy atom. The number of aliphatic hydroxyl groups excluding tert-OH is 1. The Hall–Kier alpha value is -5.73. The molecule has 0 unspecified atom stereocenters. The number of rotatable bonds is 12. The molecule has 0 radical (unpaired) electrons. The van der Waals surface area contributed by atoms with Gasteiger partial charge in [-0.15, -0.1) is 0 Å². The molecule has 1 aromatic carbocycles. The van der Waals surface area contributed by atoms with E-state index < -0.39 is 29.4 Å². The Kier molecular flexibility index (Phi) is 9.13. The summed E-state index contributed by atoms with van der Waals surface area (Å²) in [5.74, 6) is 0.700. The number of hydrogen-bond acceptors (Lipinski definition) is 14. The van der Waals surface area contributed by atoms with E-state index in [-0.39, 0.29) is 35.2 Å². The molecule has 4 aromatic rings. The van der Waals surface area contributed by atoms with Gasteiger partial charge in [-0.2, -0.15) is 0 Å². The normalized spacial score (nSPS) is 21.9. The van der Waals surface area contributed by atoms with Gasteiger partial charge >= 0.3 is 5.97 Å². The zero-order valence-electron chi connectivity index (χ0n) is 31.0. The maximum absolute atomic E-state index is 14.1. The summed E-state index contributed by atoms with van der Waals surface area (Å²) in [4.78, 5) is 42.5. The third-order valence-corrected chi connectivity index (χ3v) is 10.7. The SMILES string of the molecule is Cc1cc(=O)c2c(O)c3c(cc2o1)OC(C)(C)[C@H](OC(=O)[C@]1(CCCCO)O[C@@H]1CCc1cc(N)nc(-c2cc(N)nc(CN4C=C5N=CC=C5C4)c2)c1)C3. The minimum absolute atomic E-state index is 0.0144. The van der Waals surface area contributed by atoms with Crippen molar-refractivity contribution < 1.29 is 33.6 Å². The van der Waals surface area contributed by atoms with Gasteiger partial charge in [-0.25, -0.2) is 14.8 Å². The summed E-state index contributed by atoms with van der Waals surface area (Å²) >= 11 is 0. The second-order valence-corrected chi connectivity index (χ2v) is 15.3. The number of anilines is 2. The number of aliphatic hydroxyl groups is 1. The van der Waals surface area contributed by atoms with Gasteiger partial charge in [0, 0.05) is 60.8 Å². The van der Waals surface area contributed by atoms with E-state index in [1.54, 1.807) is 32.9 Å². The zero-order chi connectivity index (χ0) is 38.6. The van der Waals surface area contributed by atoms with Gasteiger partial charge in [-0.3, -0.25) is 9.79 Å². The number of allylic oxidation sites excluding steroid dienone is 1. The molecule has 6 N–H and O–H groups in total. The standard InChI is InChI=1S/C41H44N6O8/c1-22-12-30(49)37-32(52-22)18-31-27(38(37)50)17-34(40(2,3)54-31)53-39(51)41(9-4-5-11-48)33(55-41)7-6-23-13-28(46-35(42)14-23)25-15-26(45-36(43)16-25)20-47-19-24-8-10-44-29(24)21-47/h8,10,12-16,18,21,33-34,48,50H,4-7,9,11,17,19-20H2,1-3H3,(H2,42,46)(H2,43,45)/t33-,34-,41-/m1/s1. The number of phenolic OH excluding ortho intramolecular Hbond substituents is 1. The fraction of sp³-hybridized carbons (Fsp3) is 0.390. The molecule has 1 fully saturated rings. The lowest BCUT2D eigenvalue weighted by Gasteiger charge is -2.39. The van der Waals surface area contributed by atoms with Crippen LogP contribution in [0.2, 0.25) is 0 Å². The molecule has 3 atom stereocenters. The molecule has 14 nitrogen and oxygen atoms in total. The van der Waals surface area contributed by atoms with E-state index in [1.807, 2.05) is 36.7 Å². The van der Waals surface area contributed by atoms with E-state index in [2.05, 4.69) is 19.9 Å². The average molecular weight is 749 g/mol. The van der Waals surface area contributed by atoms with Crippen LogP contribution >= 0.6 is 0 Å². The van der Waals surface area contributed by atoms with Crippen molar-refractivity contribution in [1.82, 2.24) is 14.9 Å². The molecule has 0 amide bonds. The maximum Gasteiger partial charge on any atom is 0.341 e. The number of nitrogens with zero attached hydrogens (tertiary/aromatic N) is 4. The molecular weight excluding hydrogens is 704 g/mol. The van der Waals surface area contributed by atoms with Crippen LogP contribution in [0.5, 0.6) is 11.5 Å². The quantitative estimate of drug-likeness (QED) is 0.0884.